The smallest absolute Gasteiger partial charge is 0.302 e. The predicted molar refractivity (Wildman–Crippen MR) is 84.4 cm³/mol. The Bertz CT molecular complexity index is 474. The second-order valence-corrected chi connectivity index (χ2v) is 7.56. The molecule has 3 heteroatoms. The summed E-state index contributed by atoms with van der Waals surface area (Å²) in [5.74, 6) is 4.75. The molecule has 2 aromatic rings. The molecule has 0 saturated heterocycles. The van der Waals surface area contributed by atoms with E-state index >= 15 is 0 Å². The molecule has 0 radical (unpaired) electrons. The summed E-state index contributed by atoms with van der Waals surface area (Å²) in [4.78, 5) is 3.40. The molecule has 0 atom stereocenters. The maximum absolute atomic E-state index is 3.40. The molecule has 0 bridgehead atoms. The van der Waals surface area contributed by atoms with Crippen LogP contribution in [0.3, 0.4) is 0 Å². The first-order chi connectivity index (χ1) is 8.72. The number of aromatic nitrogens is 1. The third-order valence-corrected chi connectivity index (χ3v) is 4.79. The summed E-state index contributed by atoms with van der Waals surface area (Å²) in [6.07, 6.45) is 3.29. The first kappa shape index (κ1) is 15.3. The Labute approximate surface area is 115 Å². The van der Waals surface area contributed by atoms with Gasteiger partial charge in [-0.1, -0.05) is 30.4 Å². The average molecular weight is 260 g/mol. The lowest BCUT2D eigenvalue weighted by molar-refractivity contribution is 0.792. The van der Waals surface area contributed by atoms with Gasteiger partial charge in [-0.2, -0.15) is 0 Å². The van der Waals surface area contributed by atoms with E-state index in [0.717, 1.165) is 13.0 Å². The monoisotopic (exact) mass is 260 g/mol. The first-order valence-corrected chi connectivity index (χ1v) is 9.85. The van der Waals surface area contributed by atoms with E-state index in [1.807, 2.05) is 20.9 Å². The number of rotatable bonds is 4. The summed E-state index contributed by atoms with van der Waals surface area (Å²) in [6, 6.07) is 6.82. The fourth-order valence-electron chi connectivity index (χ4n) is 2.10. The van der Waals surface area contributed by atoms with E-state index in [0.29, 0.717) is 0 Å². The first-order valence-electron chi connectivity index (χ1n) is 6.97. The normalized spacial score (nSPS) is 10.1. The maximum atomic E-state index is 3.40. The van der Waals surface area contributed by atoms with E-state index in [1.165, 1.54) is 16.5 Å². The van der Waals surface area contributed by atoms with Crippen molar-refractivity contribution in [2.75, 3.05) is 13.6 Å². The van der Waals surface area contributed by atoms with Gasteiger partial charge in [-0.25, -0.2) is 0 Å². The van der Waals surface area contributed by atoms with Gasteiger partial charge in [0, 0.05) is 5.52 Å². The minimum Gasteiger partial charge on any atom is -0.362 e. The number of benzene rings is 1. The molecule has 2 nitrogen and oxygen atoms in total. The van der Waals surface area contributed by atoms with E-state index in [9.17, 15) is 0 Å². The van der Waals surface area contributed by atoms with Gasteiger partial charge in [-0.05, 0) is 43.2 Å². The molecule has 0 unspecified atom stereocenters. The van der Waals surface area contributed by atoms with Crippen LogP contribution in [-0.2, 0) is 6.42 Å². The lowest BCUT2D eigenvalue weighted by atomic mass is 10.1. The number of H-pyrrole nitrogens is 1. The molecular weight excluding hydrogens is 235 g/mol. The van der Waals surface area contributed by atoms with E-state index in [4.69, 9.17) is 0 Å². The van der Waals surface area contributed by atoms with Crippen molar-refractivity contribution in [1.82, 2.24) is 10.3 Å². The zero-order valence-corrected chi connectivity index (χ0v) is 13.5. The van der Waals surface area contributed by atoms with Crippen molar-refractivity contribution in [2.24, 2.45) is 0 Å². The Morgan fingerprint density at radius 3 is 2.56 bits per heavy atom. The molecule has 98 valence electrons. The van der Waals surface area contributed by atoms with Gasteiger partial charge in [0.05, 0.1) is 0 Å². The molecular formula is C15H25AlN2. The molecule has 0 aliphatic heterocycles. The number of hydrogen-bond donors (Lipinski definition) is 2. The summed E-state index contributed by atoms with van der Waals surface area (Å²) >= 11 is -0.712. The molecule has 0 fully saturated rings. The van der Waals surface area contributed by atoms with Gasteiger partial charge >= 0.3 is 14.1 Å². The van der Waals surface area contributed by atoms with E-state index < -0.39 is 14.1 Å². The van der Waals surface area contributed by atoms with Gasteiger partial charge in [0.2, 0.25) is 0 Å². The largest absolute Gasteiger partial charge is 0.362 e. The SMILES string of the molecule is CC.CNCCc1ccc2[c]([Al]([CH3])[CH3])c[nH]c2c1. The van der Waals surface area contributed by atoms with Crippen LogP contribution in [0.2, 0.25) is 11.6 Å². The van der Waals surface area contributed by atoms with Crippen molar-refractivity contribution < 1.29 is 0 Å². The molecule has 1 heterocycles. The zero-order valence-electron chi connectivity index (χ0n) is 12.3. The highest BCUT2D eigenvalue weighted by Gasteiger charge is 2.11. The molecule has 1 aromatic heterocycles. The fourth-order valence-corrected chi connectivity index (χ4v) is 3.39. The number of aromatic amines is 1. The van der Waals surface area contributed by atoms with E-state index in [-0.39, 0.29) is 0 Å². The number of likely N-dealkylation sites (N-methyl/N-ethyl adjacent to an activating group) is 1. The predicted octanol–water partition coefficient (Wildman–Crippen LogP) is 2.92. The van der Waals surface area contributed by atoms with Crippen molar-refractivity contribution in [3.05, 3.63) is 30.0 Å². The highest BCUT2D eigenvalue weighted by molar-refractivity contribution is 6.73. The van der Waals surface area contributed by atoms with Crippen molar-refractivity contribution in [3.63, 3.8) is 0 Å². The standard InChI is InChI=1S/C11H13N2.C2H6.2CH3.Al/c1-12-6-4-9-2-3-10-5-7-13-11(10)8-9;1-2;;;/h2-3,7-8,12-13H,4,6H2,1H3;1-2H3;2*1H3;. The lowest BCUT2D eigenvalue weighted by Gasteiger charge is -2.02. The Morgan fingerprint density at radius 1 is 1.22 bits per heavy atom. The van der Waals surface area contributed by atoms with Crippen molar-refractivity contribution >= 4 is 29.5 Å². The van der Waals surface area contributed by atoms with Gasteiger partial charge in [-0.3, -0.25) is 0 Å². The van der Waals surface area contributed by atoms with Crippen molar-refractivity contribution in [1.29, 1.82) is 0 Å². The quantitative estimate of drug-likeness (QED) is 0.813. The Balaban J connectivity index is 0.000000771. The summed E-state index contributed by atoms with van der Waals surface area (Å²) in [5, 5.41) is 4.61. The van der Waals surface area contributed by atoms with Crippen LogP contribution in [0.25, 0.3) is 10.9 Å². The lowest BCUT2D eigenvalue weighted by Crippen LogP contribution is -2.21. The van der Waals surface area contributed by atoms with Crippen LogP contribution in [0, 0.1) is 0 Å². The van der Waals surface area contributed by atoms with Crippen LogP contribution in [0.5, 0.6) is 0 Å². The second kappa shape index (κ2) is 7.64. The Kier molecular flexibility index (Phi) is 6.49. The van der Waals surface area contributed by atoms with Crippen molar-refractivity contribution in [2.45, 2.75) is 31.8 Å². The van der Waals surface area contributed by atoms with Crippen molar-refractivity contribution in [3.8, 4) is 0 Å². The van der Waals surface area contributed by atoms with E-state index in [2.05, 4.69) is 46.3 Å². The summed E-state index contributed by atoms with van der Waals surface area (Å²) in [5.41, 5.74) is 2.70. The summed E-state index contributed by atoms with van der Waals surface area (Å²) in [7, 11) is 2.00. The molecule has 0 aliphatic carbocycles. The summed E-state index contributed by atoms with van der Waals surface area (Å²) in [6.45, 7) is 5.04. The van der Waals surface area contributed by atoms with Gasteiger partial charge < -0.3 is 10.3 Å². The molecule has 18 heavy (non-hydrogen) atoms. The van der Waals surface area contributed by atoms with Crippen LogP contribution in [0.4, 0.5) is 0 Å². The minimum atomic E-state index is -0.712. The molecule has 0 amide bonds. The highest BCUT2D eigenvalue weighted by atomic mass is 27.2. The Hall–Kier alpha value is -0.748. The Morgan fingerprint density at radius 2 is 1.94 bits per heavy atom. The highest BCUT2D eigenvalue weighted by Crippen LogP contribution is 2.14. The second-order valence-electron chi connectivity index (χ2n) is 4.63. The van der Waals surface area contributed by atoms with E-state index in [1.54, 1.807) is 4.43 Å². The molecule has 2 rings (SSSR count). The minimum absolute atomic E-state index is 0.712. The van der Waals surface area contributed by atoms with Gasteiger partial charge in [0.25, 0.3) is 0 Å². The molecule has 0 saturated carbocycles. The third kappa shape index (κ3) is 3.62. The molecule has 2 N–H and O–H groups in total. The van der Waals surface area contributed by atoms with Gasteiger partial charge in [0.15, 0.2) is 0 Å². The zero-order chi connectivity index (χ0) is 13.5. The summed E-state index contributed by atoms with van der Waals surface area (Å²) < 4.78 is 1.55. The van der Waals surface area contributed by atoms with Crippen LogP contribution in [0.1, 0.15) is 19.4 Å². The maximum Gasteiger partial charge on any atom is 0.302 e. The molecule has 0 spiro atoms. The topological polar surface area (TPSA) is 27.8 Å². The van der Waals surface area contributed by atoms with Gasteiger partial charge in [-0.15, -0.1) is 11.6 Å². The molecule has 0 aliphatic rings. The van der Waals surface area contributed by atoms with Gasteiger partial charge in [0.1, 0.15) is 0 Å². The third-order valence-electron chi connectivity index (χ3n) is 3.06. The van der Waals surface area contributed by atoms with Crippen LogP contribution in [-0.4, -0.2) is 32.7 Å². The van der Waals surface area contributed by atoms with Crippen LogP contribution in [0.15, 0.2) is 24.4 Å². The average Bonchev–Trinajstić information content (AvgIpc) is 2.81. The molecule has 1 aromatic carbocycles. The number of nitrogens with one attached hydrogen (secondary N) is 2. The number of hydrogen-bond acceptors (Lipinski definition) is 1. The van der Waals surface area contributed by atoms with Crippen LogP contribution < -0.4 is 9.74 Å². The number of fused-ring (bicyclic) bond motifs is 1. The fraction of sp³-hybridized carbons (Fsp3) is 0.467. The van der Waals surface area contributed by atoms with Crippen LogP contribution >= 0.6 is 0 Å².